The number of aromatic nitrogens is 1. The fraction of sp³-hybridized carbons (Fsp3) is 0.346. The third kappa shape index (κ3) is 4.77. The molecule has 0 unspecified atom stereocenters. The number of hydrogen-bond acceptors (Lipinski definition) is 6. The molecule has 1 fully saturated rings. The summed E-state index contributed by atoms with van der Waals surface area (Å²) in [4.78, 5) is 17.8. The number of carbonyl (C=O) groups is 1. The third-order valence-corrected chi connectivity index (χ3v) is 7.05. The summed E-state index contributed by atoms with van der Waals surface area (Å²) in [6.45, 7) is 2.11. The van der Waals surface area contributed by atoms with E-state index in [4.69, 9.17) is 14.8 Å². The molecule has 5 rings (SSSR count). The number of benzene rings is 2. The minimum atomic E-state index is -0.158. The van der Waals surface area contributed by atoms with E-state index in [1.807, 2.05) is 35.0 Å². The van der Waals surface area contributed by atoms with Gasteiger partial charge in [0, 0.05) is 10.9 Å². The molecule has 8 heteroatoms. The number of carbonyl (C=O) groups excluding carboxylic acids is 1. The van der Waals surface area contributed by atoms with E-state index < -0.39 is 0 Å². The molecule has 1 aliphatic heterocycles. The van der Waals surface area contributed by atoms with Crippen LogP contribution in [0.15, 0.2) is 57.9 Å². The number of fused-ring (bicyclic) bond motifs is 1. The van der Waals surface area contributed by atoms with Crippen molar-refractivity contribution in [2.24, 2.45) is 10.1 Å². The highest BCUT2D eigenvalue weighted by Gasteiger charge is 2.19. The molecule has 3 aromatic rings. The smallest absolute Gasteiger partial charge is 0.262 e. The van der Waals surface area contributed by atoms with E-state index in [9.17, 15) is 9.90 Å². The van der Waals surface area contributed by atoms with Crippen molar-refractivity contribution in [3.05, 3.63) is 58.2 Å². The number of rotatable bonds is 5. The molecule has 0 spiro atoms. The van der Waals surface area contributed by atoms with Crippen LogP contribution in [0, 0.1) is 0 Å². The first kappa shape index (κ1) is 22.4. The molecule has 176 valence electrons. The Balaban J connectivity index is 1.62. The molecule has 7 nitrogen and oxygen atoms in total. The SMILES string of the molecule is CCC(=Nn1c(-c2ccc3c(c2)NC(=O)CO3)csc1=NC1CCCCC1)c1ccc(O)cc1. The second kappa shape index (κ2) is 9.85. The molecule has 1 amide bonds. The molecular formula is C26H28N4O3S. The summed E-state index contributed by atoms with van der Waals surface area (Å²) in [5.41, 5.74) is 4.36. The number of anilines is 1. The lowest BCUT2D eigenvalue weighted by Gasteiger charge is -2.19. The van der Waals surface area contributed by atoms with Crippen molar-refractivity contribution in [2.75, 3.05) is 11.9 Å². The fourth-order valence-electron chi connectivity index (χ4n) is 4.40. The third-order valence-electron chi connectivity index (χ3n) is 6.22. The zero-order valence-corrected chi connectivity index (χ0v) is 20.0. The Kier molecular flexibility index (Phi) is 6.49. The van der Waals surface area contributed by atoms with Crippen LogP contribution in [0.2, 0.25) is 0 Å². The van der Waals surface area contributed by atoms with Gasteiger partial charge >= 0.3 is 0 Å². The molecule has 2 aromatic carbocycles. The Hall–Kier alpha value is -3.39. The van der Waals surface area contributed by atoms with Gasteiger partial charge in [0.15, 0.2) is 6.61 Å². The Morgan fingerprint density at radius 1 is 1.18 bits per heavy atom. The number of aromatic hydroxyl groups is 1. The molecule has 1 saturated carbocycles. The maximum absolute atomic E-state index is 11.8. The number of nitrogens with one attached hydrogen (secondary N) is 1. The number of amides is 1. The number of phenols is 1. The van der Waals surface area contributed by atoms with E-state index in [1.54, 1.807) is 23.5 Å². The van der Waals surface area contributed by atoms with Gasteiger partial charge in [0.05, 0.1) is 23.1 Å². The molecule has 0 bridgehead atoms. The number of nitrogens with zero attached hydrogens (tertiary/aromatic N) is 3. The molecule has 34 heavy (non-hydrogen) atoms. The van der Waals surface area contributed by atoms with Crippen LogP contribution in [-0.2, 0) is 4.79 Å². The highest BCUT2D eigenvalue weighted by Crippen LogP contribution is 2.33. The van der Waals surface area contributed by atoms with Crippen LogP contribution in [0.5, 0.6) is 11.5 Å². The van der Waals surface area contributed by atoms with Crippen LogP contribution in [0.1, 0.15) is 51.0 Å². The number of ether oxygens (including phenoxy) is 1. The second-order valence-electron chi connectivity index (χ2n) is 8.63. The summed E-state index contributed by atoms with van der Waals surface area (Å²) in [6.07, 6.45) is 6.66. The Labute approximate surface area is 202 Å². The first-order valence-corrected chi connectivity index (χ1v) is 12.7. The second-order valence-corrected chi connectivity index (χ2v) is 9.47. The first-order chi connectivity index (χ1) is 16.6. The van der Waals surface area contributed by atoms with Gasteiger partial charge in [-0.2, -0.15) is 5.10 Å². The van der Waals surface area contributed by atoms with Gasteiger partial charge in [-0.05, 0) is 67.3 Å². The highest BCUT2D eigenvalue weighted by molar-refractivity contribution is 7.07. The number of hydrogen-bond donors (Lipinski definition) is 2. The zero-order valence-electron chi connectivity index (χ0n) is 19.2. The van der Waals surface area contributed by atoms with Crippen molar-refractivity contribution >= 4 is 28.6 Å². The monoisotopic (exact) mass is 476 g/mol. The van der Waals surface area contributed by atoms with Crippen molar-refractivity contribution in [3.63, 3.8) is 0 Å². The van der Waals surface area contributed by atoms with Crippen LogP contribution >= 0.6 is 11.3 Å². The van der Waals surface area contributed by atoms with Crippen molar-refractivity contribution in [1.82, 2.24) is 4.68 Å². The molecule has 1 aliphatic carbocycles. The maximum Gasteiger partial charge on any atom is 0.262 e. The Morgan fingerprint density at radius 2 is 1.97 bits per heavy atom. The Morgan fingerprint density at radius 3 is 2.74 bits per heavy atom. The van der Waals surface area contributed by atoms with Crippen molar-refractivity contribution < 1.29 is 14.6 Å². The maximum atomic E-state index is 11.8. The molecule has 2 N–H and O–H groups in total. The summed E-state index contributed by atoms with van der Waals surface area (Å²) >= 11 is 1.58. The molecule has 2 aliphatic rings. The van der Waals surface area contributed by atoms with E-state index >= 15 is 0 Å². The number of phenolic OH excluding ortho intramolecular Hbond substituents is 1. The van der Waals surface area contributed by atoms with E-state index in [1.165, 1.54) is 19.3 Å². The van der Waals surface area contributed by atoms with Crippen molar-refractivity contribution in [2.45, 2.75) is 51.5 Å². The number of thiazole rings is 1. The topological polar surface area (TPSA) is 88.2 Å². The van der Waals surface area contributed by atoms with Gasteiger partial charge < -0.3 is 15.2 Å². The van der Waals surface area contributed by atoms with E-state index in [-0.39, 0.29) is 18.3 Å². The first-order valence-electron chi connectivity index (χ1n) is 11.8. The molecular weight excluding hydrogens is 448 g/mol. The normalized spacial score (nSPS) is 17.3. The van der Waals surface area contributed by atoms with Gasteiger partial charge in [-0.1, -0.05) is 26.2 Å². The average Bonchev–Trinajstić information content (AvgIpc) is 3.25. The van der Waals surface area contributed by atoms with Crippen LogP contribution in [0.3, 0.4) is 0 Å². The van der Waals surface area contributed by atoms with Gasteiger partial charge in [0.1, 0.15) is 11.5 Å². The molecule has 0 atom stereocenters. The van der Waals surface area contributed by atoms with Crippen LogP contribution in [0.4, 0.5) is 5.69 Å². The lowest BCUT2D eigenvalue weighted by Crippen LogP contribution is -2.25. The average molecular weight is 477 g/mol. The standard InChI is InChI=1S/C26H28N4O3S/c1-2-21(17-8-11-20(31)12-9-17)29-30-23(16-34-26(30)27-19-6-4-3-5-7-19)18-10-13-24-22(14-18)28-25(32)15-33-24/h8-14,16,19,31H,2-7,15H2,1H3,(H,28,32). The summed E-state index contributed by atoms with van der Waals surface area (Å²) in [7, 11) is 0. The molecule has 2 heterocycles. The largest absolute Gasteiger partial charge is 0.508 e. The predicted octanol–water partition coefficient (Wildman–Crippen LogP) is 5.15. The van der Waals surface area contributed by atoms with Gasteiger partial charge in [-0.25, -0.2) is 4.68 Å². The predicted molar refractivity (Wildman–Crippen MR) is 135 cm³/mol. The van der Waals surface area contributed by atoms with E-state index in [0.717, 1.165) is 46.6 Å². The summed E-state index contributed by atoms with van der Waals surface area (Å²) in [5, 5.41) is 19.7. The lowest BCUT2D eigenvalue weighted by molar-refractivity contribution is -0.118. The Bertz CT molecular complexity index is 1280. The summed E-state index contributed by atoms with van der Waals surface area (Å²) < 4.78 is 7.46. The fourth-order valence-corrected chi connectivity index (χ4v) is 5.30. The van der Waals surface area contributed by atoms with E-state index in [2.05, 4.69) is 17.6 Å². The lowest BCUT2D eigenvalue weighted by atomic mass is 9.96. The summed E-state index contributed by atoms with van der Waals surface area (Å²) in [6, 6.07) is 13.2. The zero-order chi connectivity index (χ0) is 23.5. The minimum Gasteiger partial charge on any atom is -0.508 e. The minimum absolute atomic E-state index is 0.0337. The highest BCUT2D eigenvalue weighted by atomic mass is 32.1. The quantitative estimate of drug-likeness (QED) is 0.499. The van der Waals surface area contributed by atoms with E-state index in [0.29, 0.717) is 17.5 Å². The van der Waals surface area contributed by atoms with Crippen molar-refractivity contribution in [3.8, 4) is 22.8 Å². The van der Waals surface area contributed by atoms with Crippen molar-refractivity contribution in [1.29, 1.82) is 0 Å². The molecule has 0 saturated heterocycles. The van der Waals surface area contributed by atoms with Gasteiger partial charge in [0.25, 0.3) is 5.91 Å². The van der Waals surface area contributed by atoms with Crippen LogP contribution in [0.25, 0.3) is 11.3 Å². The summed E-state index contributed by atoms with van der Waals surface area (Å²) in [5.74, 6) is 0.739. The van der Waals surface area contributed by atoms with Crippen LogP contribution in [-0.4, -0.2) is 34.1 Å². The molecule has 1 aromatic heterocycles. The van der Waals surface area contributed by atoms with Gasteiger partial charge in [0.2, 0.25) is 4.80 Å². The van der Waals surface area contributed by atoms with Crippen LogP contribution < -0.4 is 14.9 Å². The van der Waals surface area contributed by atoms with Gasteiger partial charge in [-0.3, -0.25) is 9.79 Å². The van der Waals surface area contributed by atoms with Gasteiger partial charge in [-0.15, -0.1) is 11.3 Å². The molecule has 0 radical (unpaired) electrons.